The Morgan fingerprint density at radius 1 is 1.06 bits per heavy atom. The summed E-state index contributed by atoms with van der Waals surface area (Å²) in [6.07, 6.45) is 12.0. The first-order chi connectivity index (χ1) is 15.5. The van der Waals surface area contributed by atoms with E-state index in [-0.39, 0.29) is 5.41 Å². The van der Waals surface area contributed by atoms with Gasteiger partial charge in [0.25, 0.3) is 0 Å². The molecule has 0 saturated heterocycles. The molecule has 0 spiro atoms. The van der Waals surface area contributed by atoms with Crippen molar-refractivity contribution >= 4 is 18.3 Å². The maximum absolute atomic E-state index is 10.9. The van der Waals surface area contributed by atoms with E-state index in [9.17, 15) is 9.90 Å². The van der Waals surface area contributed by atoms with Crippen molar-refractivity contribution in [1.82, 2.24) is 0 Å². The normalized spacial score (nSPS) is 28.6. The summed E-state index contributed by atoms with van der Waals surface area (Å²) >= 11 is 0. The van der Waals surface area contributed by atoms with Crippen molar-refractivity contribution in [3.63, 3.8) is 0 Å². The fraction of sp³-hybridized carbons (Fsp3) is 0.407. The third kappa shape index (κ3) is 3.81. The fourth-order valence-corrected chi connectivity index (χ4v) is 6.90. The van der Waals surface area contributed by atoms with Crippen molar-refractivity contribution in [2.24, 2.45) is 22.9 Å². The van der Waals surface area contributed by atoms with Crippen LogP contribution in [0.1, 0.15) is 55.2 Å². The smallest absolute Gasteiger partial charge is 0.328 e. The van der Waals surface area contributed by atoms with Crippen LogP contribution in [-0.2, 0) is 15.0 Å². The first-order valence-corrected chi connectivity index (χ1v) is 11.4. The lowest BCUT2D eigenvalue weighted by Gasteiger charge is -2.57. The van der Waals surface area contributed by atoms with E-state index in [1.807, 2.05) is 30.3 Å². The van der Waals surface area contributed by atoms with Gasteiger partial charge in [-0.2, -0.15) is 0 Å². The lowest BCUT2D eigenvalue weighted by Crippen LogP contribution is -2.48. The van der Waals surface area contributed by atoms with E-state index in [4.69, 9.17) is 9.94 Å². The van der Waals surface area contributed by atoms with E-state index < -0.39 is 5.97 Å². The molecule has 0 heterocycles. The second-order valence-corrected chi connectivity index (χ2v) is 9.87. The quantitative estimate of drug-likeness (QED) is 0.354. The molecule has 166 valence electrons. The summed E-state index contributed by atoms with van der Waals surface area (Å²) in [7, 11) is 1.50. The maximum atomic E-state index is 10.9. The number of phenolic OH excluding ortho intramolecular Hbond substituents is 1. The number of oxime groups is 1. The second kappa shape index (κ2) is 8.12. The molecule has 4 saturated carbocycles. The standard InChI is InChI=1S/C27H29NO4/c1-32-28-16-22-11-17(3-7-26(30)31)2-5-23(22)21-4-6-25(29)24(12-21)27-13-18-8-19(14-27)10-20(9-18)15-27/h2-7,11-12,16,18-20,29H,8-10,13-15H2,1H3,(H,30,31)/b7-3+,28-16-. The van der Waals surface area contributed by atoms with Gasteiger partial charge >= 0.3 is 5.97 Å². The highest BCUT2D eigenvalue weighted by Gasteiger charge is 2.52. The molecule has 0 aliphatic heterocycles. The Morgan fingerprint density at radius 3 is 2.38 bits per heavy atom. The first kappa shape index (κ1) is 20.8. The van der Waals surface area contributed by atoms with Gasteiger partial charge in [-0.1, -0.05) is 23.4 Å². The van der Waals surface area contributed by atoms with Gasteiger partial charge in [0.05, 0.1) is 6.21 Å². The number of rotatable bonds is 6. The summed E-state index contributed by atoms with van der Waals surface area (Å²) in [5, 5.41) is 23.8. The molecular weight excluding hydrogens is 402 g/mol. The topological polar surface area (TPSA) is 79.1 Å². The highest BCUT2D eigenvalue weighted by Crippen LogP contribution is 2.62. The maximum Gasteiger partial charge on any atom is 0.328 e. The Labute approximate surface area is 188 Å². The number of carboxylic acid groups (broad SMARTS) is 1. The van der Waals surface area contributed by atoms with Gasteiger partial charge in [0.1, 0.15) is 12.9 Å². The lowest BCUT2D eigenvalue weighted by molar-refractivity contribution is -0.131. The number of carbonyl (C=O) groups is 1. The number of benzene rings is 2. The van der Waals surface area contributed by atoms with E-state index >= 15 is 0 Å². The van der Waals surface area contributed by atoms with Crippen molar-refractivity contribution in [2.45, 2.75) is 43.9 Å². The molecule has 4 fully saturated rings. The number of phenols is 1. The highest BCUT2D eigenvalue weighted by molar-refractivity contribution is 5.92. The first-order valence-electron chi connectivity index (χ1n) is 11.4. The minimum Gasteiger partial charge on any atom is -0.508 e. The van der Waals surface area contributed by atoms with E-state index in [1.165, 1.54) is 45.6 Å². The number of hydrogen-bond acceptors (Lipinski definition) is 4. The Bertz CT molecular complexity index is 1070. The molecule has 0 unspecified atom stereocenters. The molecule has 5 nitrogen and oxygen atoms in total. The predicted octanol–water partition coefficient (Wildman–Crippen LogP) is 5.61. The summed E-state index contributed by atoms with van der Waals surface area (Å²) in [5.41, 5.74) is 4.80. The zero-order chi connectivity index (χ0) is 22.3. The third-order valence-electron chi connectivity index (χ3n) is 7.71. The molecule has 5 heteroatoms. The van der Waals surface area contributed by atoms with E-state index in [2.05, 4.69) is 11.2 Å². The molecule has 0 aromatic heterocycles. The molecule has 0 amide bonds. The Hall–Kier alpha value is -3.08. The average molecular weight is 432 g/mol. The molecule has 4 aliphatic rings. The Balaban J connectivity index is 1.56. The van der Waals surface area contributed by atoms with Crippen molar-refractivity contribution < 1.29 is 19.8 Å². The zero-order valence-electron chi connectivity index (χ0n) is 18.3. The zero-order valence-corrected chi connectivity index (χ0v) is 18.3. The van der Waals surface area contributed by atoms with Gasteiger partial charge in [0.15, 0.2) is 0 Å². The van der Waals surface area contributed by atoms with E-state index in [1.54, 1.807) is 12.3 Å². The van der Waals surface area contributed by atoms with Gasteiger partial charge in [0, 0.05) is 17.2 Å². The van der Waals surface area contributed by atoms with Gasteiger partial charge in [-0.15, -0.1) is 0 Å². The molecule has 4 aliphatic carbocycles. The number of aliphatic carboxylic acids is 1. The van der Waals surface area contributed by atoms with Crippen molar-refractivity contribution in [2.75, 3.05) is 7.11 Å². The Morgan fingerprint density at radius 2 is 1.75 bits per heavy atom. The molecule has 0 atom stereocenters. The molecule has 2 aromatic carbocycles. The molecule has 6 rings (SSSR count). The van der Waals surface area contributed by atoms with Gasteiger partial charge in [-0.3, -0.25) is 0 Å². The van der Waals surface area contributed by atoms with Crippen LogP contribution in [0.15, 0.2) is 47.6 Å². The monoisotopic (exact) mass is 431 g/mol. The van der Waals surface area contributed by atoms with Crippen LogP contribution in [0, 0.1) is 17.8 Å². The van der Waals surface area contributed by atoms with Crippen molar-refractivity contribution in [1.29, 1.82) is 0 Å². The largest absolute Gasteiger partial charge is 0.508 e. The third-order valence-corrected chi connectivity index (χ3v) is 7.71. The number of carboxylic acids is 1. The molecule has 4 bridgehead atoms. The van der Waals surface area contributed by atoms with Crippen LogP contribution in [0.5, 0.6) is 5.75 Å². The fourth-order valence-electron chi connectivity index (χ4n) is 6.90. The number of aromatic hydroxyl groups is 1. The van der Waals surface area contributed by atoms with Crippen molar-refractivity contribution in [3.05, 3.63) is 59.2 Å². The lowest BCUT2D eigenvalue weighted by atomic mass is 9.48. The minimum absolute atomic E-state index is 0.0970. The second-order valence-electron chi connectivity index (χ2n) is 9.87. The summed E-state index contributed by atoms with van der Waals surface area (Å²) in [6.45, 7) is 0. The molecule has 2 N–H and O–H groups in total. The van der Waals surface area contributed by atoms with Crippen LogP contribution in [0.3, 0.4) is 0 Å². The summed E-state index contributed by atoms with van der Waals surface area (Å²) in [5.74, 6) is 1.82. The number of nitrogens with zero attached hydrogens (tertiary/aromatic N) is 1. The van der Waals surface area contributed by atoms with Gasteiger partial charge < -0.3 is 15.1 Å². The van der Waals surface area contributed by atoms with Crippen LogP contribution >= 0.6 is 0 Å². The molecular formula is C27H29NO4. The van der Waals surface area contributed by atoms with Gasteiger partial charge in [-0.25, -0.2) is 4.79 Å². The summed E-state index contributed by atoms with van der Waals surface area (Å²) in [4.78, 5) is 15.8. The predicted molar refractivity (Wildman–Crippen MR) is 125 cm³/mol. The number of hydrogen-bond donors (Lipinski definition) is 2. The van der Waals surface area contributed by atoms with Crippen LogP contribution in [0.2, 0.25) is 0 Å². The van der Waals surface area contributed by atoms with Crippen LogP contribution in [-0.4, -0.2) is 29.5 Å². The van der Waals surface area contributed by atoms with Crippen molar-refractivity contribution in [3.8, 4) is 16.9 Å². The van der Waals surface area contributed by atoms with E-state index in [0.717, 1.165) is 51.6 Å². The average Bonchev–Trinajstić information content (AvgIpc) is 2.76. The summed E-state index contributed by atoms with van der Waals surface area (Å²) in [6, 6.07) is 11.7. The molecule has 2 aromatic rings. The van der Waals surface area contributed by atoms with Crippen LogP contribution in [0.25, 0.3) is 17.2 Å². The van der Waals surface area contributed by atoms with Crippen LogP contribution in [0.4, 0.5) is 0 Å². The minimum atomic E-state index is -0.986. The van der Waals surface area contributed by atoms with Gasteiger partial charge in [0.2, 0.25) is 0 Å². The molecule has 32 heavy (non-hydrogen) atoms. The van der Waals surface area contributed by atoms with E-state index in [0.29, 0.717) is 5.75 Å². The molecule has 0 radical (unpaired) electrons. The Kier molecular flexibility index (Phi) is 5.28. The highest BCUT2D eigenvalue weighted by atomic mass is 16.6. The summed E-state index contributed by atoms with van der Waals surface area (Å²) < 4.78 is 0. The van der Waals surface area contributed by atoms with Crippen LogP contribution < -0.4 is 0 Å². The van der Waals surface area contributed by atoms with Gasteiger partial charge in [-0.05, 0) is 103 Å². The SMILES string of the molecule is CO/N=C\c1cc(/C=C/C(=O)O)ccc1-c1ccc(O)c(C23CC4CC(CC(C4)C2)C3)c1.